The van der Waals surface area contributed by atoms with Gasteiger partial charge in [-0.05, 0) is 58.2 Å². The van der Waals surface area contributed by atoms with E-state index in [1.165, 1.54) is 6.07 Å². The van der Waals surface area contributed by atoms with Crippen molar-refractivity contribution in [3.05, 3.63) is 59.2 Å². The predicted molar refractivity (Wildman–Crippen MR) is 130 cm³/mol. The molecular weight excluding hydrogens is 446 g/mol. The molecule has 1 spiro atoms. The summed E-state index contributed by atoms with van der Waals surface area (Å²) in [6.45, 7) is 7.53. The number of hydrogen-bond donors (Lipinski definition) is 1. The van der Waals surface area contributed by atoms with Crippen LogP contribution < -0.4 is 9.47 Å². The predicted octanol–water partition coefficient (Wildman–Crippen LogP) is 4.95. The summed E-state index contributed by atoms with van der Waals surface area (Å²) in [6.07, 6.45) is 2.49. The molecule has 2 aromatic carbocycles. The van der Waals surface area contributed by atoms with Gasteiger partial charge in [-0.1, -0.05) is 24.3 Å². The summed E-state index contributed by atoms with van der Waals surface area (Å²) in [4.78, 5) is 26.6. The zero-order valence-corrected chi connectivity index (χ0v) is 20.7. The maximum absolute atomic E-state index is 13.2. The summed E-state index contributed by atoms with van der Waals surface area (Å²) in [5, 5.41) is 9.50. The normalized spacial score (nSPS) is 26.3. The third-order valence-corrected chi connectivity index (χ3v) is 8.43. The third-order valence-electron chi connectivity index (χ3n) is 8.43. The molecule has 186 valence electrons. The van der Waals surface area contributed by atoms with Crippen molar-refractivity contribution >= 4 is 11.9 Å². The number of para-hydroxylation sites is 1. The van der Waals surface area contributed by atoms with E-state index in [1.807, 2.05) is 12.1 Å². The van der Waals surface area contributed by atoms with Gasteiger partial charge in [-0.3, -0.25) is 4.79 Å². The van der Waals surface area contributed by atoms with Crippen LogP contribution in [0.15, 0.2) is 42.5 Å². The Balaban J connectivity index is 1.37. The van der Waals surface area contributed by atoms with E-state index < -0.39 is 11.6 Å². The second kappa shape index (κ2) is 8.55. The van der Waals surface area contributed by atoms with Gasteiger partial charge in [0, 0.05) is 30.0 Å². The van der Waals surface area contributed by atoms with Crippen LogP contribution in [0, 0.1) is 11.3 Å². The zero-order chi connectivity index (χ0) is 25.0. The Hall–Kier alpha value is -3.06. The summed E-state index contributed by atoms with van der Waals surface area (Å²) < 4.78 is 18.8. The summed E-state index contributed by atoms with van der Waals surface area (Å²) in [5.74, 6) is 0.343. The van der Waals surface area contributed by atoms with E-state index in [2.05, 4.69) is 26.8 Å². The van der Waals surface area contributed by atoms with Gasteiger partial charge in [-0.15, -0.1) is 0 Å². The van der Waals surface area contributed by atoms with Crippen LogP contribution in [-0.4, -0.2) is 53.8 Å². The Kier molecular flexibility index (Phi) is 5.79. The first-order valence-electron chi connectivity index (χ1n) is 12.3. The fourth-order valence-corrected chi connectivity index (χ4v) is 6.23. The minimum atomic E-state index is -1.08. The Morgan fingerprint density at radius 1 is 1.06 bits per heavy atom. The monoisotopic (exact) mass is 479 g/mol. The van der Waals surface area contributed by atoms with Crippen LogP contribution in [0.3, 0.4) is 0 Å². The number of carbonyl (C=O) groups is 2. The number of methoxy groups -OCH3 is 1. The minimum Gasteiger partial charge on any atom is -0.493 e. The molecule has 0 saturated carbocycles. The Morgan fingerprint density at radius 2 is 1.74 bits per heavy atom. The van der Waals surface area contributed by atoms with Gasteiger partial charge in [-0.25, -0.2) is 4.79 Å². The van der Waals surface area contributed by atoms with E-state index in [9.17, 15) is 14.7 Å². The number of amides is 1. The number of aromatic carboxylic acids is 1. The molecule has 3 atom stereocenters. The number of ether oxygens (including phenoxy) is 3. The lowest BCUT2D eigenvalue weighted by molar-refractivity contribution is -0.208. The van der Waals surface area contributed by atoms with Crippen molar-refractivity contribution in [3.8, 4) is 11.5 Å². The Morgan fingerprint density at radius 3 is 2.40 bits per heavy atom. The van der Waals surface area contributed by atoms with Crippen molar-refractivity contribution in [2.75, 3.05) is 20.2 Å². The zero-order valence-electron chi connectivity index (χ0n) is 20.7. The lowest BCUT2D eigenvalue weighted by Gasteiger charge is -2.57. The summed E-state index contributed by atoms with van der Waals surface area (Å²) in [7, 11) is 1.65. The molecule has 2 fully saturated rings. The van der Waals surface area contributed by atoms with Crippen LogP contribution in [0.25, 0.3) is 0 Å². The molecule has 5 rings (SSSR count). The molecule has 0 aromatic heterocycles. The average molecular weight is 480 g/mol. The van der Waals surface area contributed by atoms with E-state index >= 15 is 0 Å². The standard InChI is InChI=1S/C28H33NO6/c1-17-28(12-14-29(15-13-28)25(30)18-8-5-6-9-19(18)26(31)32)16-21-23(34-17)20-10-7-11-22(33-4)24(20)35-27(21,2)3/h5-11,17,21,23H,12-16H2,1-4H3,(H,31,32)/t17-,21-,23+/m0/s1. The molecule has 35 heavy (non-hydrogen) atoms. The highest BCUT2D eigenvalue weighted by Crippen LogP contribution is 2.59. The smallest absolute Gasteiger partial charge is 0.336 e. The Bertz CT molecular complexity index is 1150. The van der Waals surface area contributed by atoms with Crippen molar-refractivity contribution in [2.45, 2.75) is 57.8 Å². The lowest BCUT2D eigenvalue weighted by atomic mass is 9.61. The SMILES string of the molecule is COc1cccc2c1OC(C)(C)[C@H]1CC3(CCN(C(=O)c4ccccc4C(=O)O)CC3)[C@H](C)O[C@H]21. The molecule has 7 nitrogen and oxygen atoms in total. The maximum Gasteiger partial charge on any atom is 0.336 e. The fourth-order valence-electron chi connectivity index (χ4n) is 6.23. The highest BCUT2D eigenvalue weighted by atomic mass is 16.5. The topological polar surface area (TPSA) is 85.3 Å². The number of carboxylic acids is 1. The molecule has 0 radical (unpaired) electrons. The van der Waals surface area contributed by atoms with Gasteiger partial charge in [0.1, 0.15) is 5.60 Å². The van der Waals surface area contributed by atoms with Crippen molar-refractivity contribution < 1.29 is 28.9 Å². The number of benzene rings is 2. The molecule has 2 saturated heterocycles. The Labute approximate surface area is 206 Å². The first kappa shape index (κ1) is 23.7. The largest absolute Gasteiger partial charge is 0.493 e. The van der Waals surface area contributed by atoms with Gasteiger partial charge < -0.3 is 24.2 Å². The lowest BCUT2D eigenvalue weighted by Crippen LogP contribution is -2.57. The molecule has 0 bridgehead atoms. The van der Waals surface area contributed by atoms with Crippen LogP contribution >= 0.6 is 0 Å². The fraction of sp³-hybridized carbons (Fsp3) is 0.500. The summed E-state index contributed by atoms with van der Waals surface area (Å²) in [5.41, 5.74) is 0.823. The second-order valence-corrected chi connectivity index (χ2v) is 10.6. The first-order chi connectivity index (χ1) is 16.7. The van der Waals surface area contributed by atoms with Gasteiger partial charge in [0.2, 0.25) is 0 Å². The number of piperidine rings is 1. The molecule has 7 heteroatoms. The molecular formula is C28H33NO6. The van der Waals surface area contributed by atoms with E-state index in [4.69, 9.17) is 14.2 Å². The van der Waals surface area contributed by atoms with Crippen LogP contribution in [0.4, 0.5) is 0 Å². The van der Waals surface area contributed by atoms with E-state index in [-0.39, 0.29) is 40.6 Å². The van der Waals surface area contributed by atoms with Crippen LogP contribution in [0.2, 0.25) is 0 Å². The summed E-state index contributed by atoms with van der Waals surface area (Å²) in [6, 6.07) is 12.4. The van der Waals surface area contributed by atoms with E-state index in [1.54, 1.807) is 30.2 Å². The highest BCUT2D eigenvalue weighted by Gasteiger charge is 2.56. The second-order valence-electron chi connectivity index (χ2n) is 10.6. The number of fused-ring (bicyclic) bond motifs is 3. The number of nitrogens with zero attached hydrogens (tertiary/aromatic N) is 1. The quantitative estimate of drug-likeness (QED) is 0.670. The molecule has 0 aliphatic carbocycles. The molecule has 2 aromatic rings. The highest BCUT2D eigenvalue weighted by molar-refractivity contribution is 6.04. The van der Waals surface area contributed by atoms with E-state index in [0.717, 1.165) is 36.3 Å². The number of rotatable bonds is 3. The third kappa shape index (κ3) is 3.86. The molecule has 1 N–H and O–H groups in total. The molecule has 3 aliphatic rings. The van der Waals surface area contributed by atoms with Crippen LogP contribution in [-0.2, 0) is 4.74 Å². The number of carboxylic acid groups (broad SMARTS) is 1. The van der Waals surface area contributed by atoms with Gasteiger partial charge in [0.25, 0.3) is 5.91 Å². The van der Waals surface area contributed by atoms with Gasteiger partial charge in [0.05, 0.1) is 30.4 Å². The molecule has 3 aliphatic heterocycles. The van der Waals surface area contributed by atoms with Gasteiger partial charge in [0.15, 0.2) is 11.5 Å². The van der Waals surface area contributed by atoms with Crippen LogP contribution in [0.5, 0.6) is 11.5 Å². The molecule has 3 heterocycles. The van der Waals surface area contributed by atoms with Gasteiger partial charge in [-0.2, -0.15) is 0 Å². The average Bonchev–Trinajstić information content (AvgIpc) is 2.85. The van der Waals surface area contributed by atoms with Gasteiger partial charge >= 0.3 is 5.97 Å². The minimum absolute atomic E-state index is 0.0141. The van der Waals surface area contributed by atoms with Crippen molar-refractivity contribution in [1.82, 2.24) is 4.90 Å². The van der Waals surface area contributed by atoms with Crippen LogP contribution in [0.1, 0.15) is 72.4 Å². The number of likely N-dealkylation sites (tertiary alicyclic amines) is 1. The maximum atomic E-state index is 13.2. The van der Waals surface area contributed by atoms with Crippen molar-refractivity contribution in [1.29, 1.82) is 0 Å². The molecule has 1 amide bonds. The first-order valence-corrected chi connectivity index (χ1v) is 12.3. The molecule has 0 unspecified atom stereocenters. The number of carbonyl (C=O) groups excluding carboxylic acids is 1. The number of hydrogen-bond acceptors (Lipinski definition) is 5. The van der Waals surface area contributed by atoms with Crippen molar-refractivity contribution in [3.63, 3.8) is 0 Å². The summed E-state index contributed by atoms with van der Waals surface area (Å²) >= 11 is 0. The van der Waals surface area contributed by atoms with Crippen molar-refractivity contribution in [2.24, 2.45) is 11.3 Å². The van der Waals surface area contributed by atoms with E-state index in [0.29, 0.717) is 13.1 Å².